The predicted molar refractivity (Wildman–Crippen MR) is 95.1 cm³/mol. The van der Waals surface area contributed by atoms with Gasteiger partial charge in [0.15, 0.2) is 5.96 Å². The summed E-state index contributed by atoms with van der Waals surface area (Å²) in [5.74, 6) is 0.634. The predicted octanol–water partition coefficient (Wildman–Crippen LogP) is 3.19. The minimum Gasteiger partial charge on any atom is -0.393 e. The van der Waals surface area contributed by atoms with Crippen LogP contribution in [0.4, 0.5) is 4.39 Å². The van der Waals surface area contributed by atoms with Crippen molar-refractivity contribution in [3.63, 3.8) is 0 Å². The highest BCUT2D eigenvalue weighted by atomic mass is 35.5. The normalized spacial score (nSPS) is 30.1. The number of rotatable bonds is 4. The van der Waals surface area contributed by atoms with Crippen LogP contribution in [0.15, 0.2) is 23.2 Å². The number of halogens is 2. The summed E-state index contributed by atoms with van der Waals surface area (Å²) in [6, 6.07) is 5.33. The number of aliphatic imine (C=N–C) groups is 1. The maximum atomic E-state index is 14.0. The molecule has 0 aliphatic heterocycles. The van der Waals surface area contributed by atoms with E-state index in [4.69, 9.17) is 11.6 Å². The van der Waals surface area contributed by atoms with E-state index >= 15 is 0 Å². The molecule has 2 aliphatic rings. The van der Waals surface area contributed by atoms with Crippen LogP contribution >= 0.6 is 11.6 Å². The molecule has 1 aromatic carbocycles. The maximum absolute atomic E-state index is 14.0. The van der Waals surface area contributed by atoms with Gasteiger partial charge in [-0.25, -0.2) is 4.39 Å². The van der Waals surface area contributed by atoms with Gasteiger partial charge in [0.25, 0.3) is 0 Å². The van der Waals surface area contributed by atoms with Crippen molar-refractivity contribution >= 4 is 17.6 Å². The molecular weight excluding hydrogens is 329 g/mol. The van der Waals surface area contributed by atoms with Gasteiger partial charge in [-0.05, 0) is 51.2 Å². The Hall–Kier alpha value is -1.33. The Morgan fingerprint density at radius 1 is 1.29 bits per heavy atom. The van der Waals surface area contributed by atoms with Gasteiger partial charge in [-0.2, -0.15) is 0 Å². The van der Waals surface area contributed by atoms with Crippen molar-refractivity contribution in [1.82, 2.24) is 10.6 Å². The summed E-state index contributed by atoms with van der Waals surface area (Å²) in [6.07, 6.45) is 4.23. The zero-order chi connectivity index (χ0) is 17.1. The number of guanidine groups is 1. The first-order chi connectivity index (χ1) is 11.6. The average molecular weight is 354 g/mol. The number of nitrogens with one attached hydrogen (secondary N) is 2. The first kappa shape index (κ1) is 17.5. The van der Waals surface area contributed by atoms with E-state index in [9.17, 15) is 9.50 Å². The summed E-state index contributed by atoms with van der Waals surface area (Å²) in [7, 11) is 0. The fourth-order valence-electron chi connectivity index (χ4n) is 3.42. The van der Waals surface area contributed by atoms with Gasteiger partial charge < -0.3 is 15.7 Å². The van der Waals surface area contributed by atoms with E-state index in [0.717, 1.165) is 38.1 Å². The molecule has 2 aliphatic carbocycles. The molecule has 3 rings (SSSR count). The molecule has 132 valence electrons. The molecule has 2 fully saturated rings. The zero-order valence-electron chi connectivity index (χ0n) is 13.9. The van der Waals surface area contributed by atoms with Crippen LogP contribution in [0.2, 0.25) is 5.02 Å². The molecule has 0 spiro atoms. The lowest BCUT2D eigenvalue weighted by Gasteiger charge is -2.27. The molecule has 0 heterocycles. The van der Waals surface area contributed by atoms with Crippen LogP contribution in [-0.2, 0) is 0 Å². The molecule has 1 aromatic rings. The lowest BCUT2D eigenvalue weighted by atomic mass is 9.93. The van der Waals surface area contributed by atoms with Crippen molar-refractivity contribution < 1.29 is 9.50 Å². The SMILES string of the molecule is CCN=C(NC1CCC(O)CC1)NC1CC1c1c(F)cccc1Cl. The molecule has 0 amide bonds. The van der Waals surface area contributed by atoms with E-state index in [0.29, 0.717) is 23.2 Å². The standard InChI is InChI=1S/C18H25ClFN3O/c1-2-21-18(22-11-6-8-12(24)9-7-11)23-16-10-13(16)17-14(19)4-3-5-15(17)20/h3-5,11-13,16,24H,2,6-10H2,1H3,(H2,21,22,23). The fraction of sp³-hybridized carbons (Fsp3) is 0.611. The molecule has 0 saturated heterocycles. The number of nitrogens with zero attached hydrogens (tertiary/aromatic N) is 1. The van der Waals surface area contributed by atoms with Crippen molar-refractivity contribution in [2.24, 2.45) is 4.99 Å². The number of aliphatic hydroxyl groups is 1. The van der Waals surface area contributed by atoms with Gasteiger partial charge in [0, 0.05) is 35.1 Å². The summed E-state index contributed by atoms with van der Waals surface area (Å²) in [4.78, 5) is 4.50. The first-order valence-electron chi connectivity index (χ1n) is 8.78. The van der Waals surface area contributed by atoms with Crippen LogP contribution in [0, 0.1) is 5.82 Å². The van der Waals surface area contributed by atoms with Crippen LogP contribution in [0.3, 0.4) is 0 Å². The smallest absolute Gasteiger partial charge is 0.191 e. The monoisotopic (exact) mass is 353 g/mol. The summed E-state index contributed by atoms with van der Waals surface area (Å²) >= 11 is 6.16. The van der Waals surface area contributed by atoms with E-state index in [-0.39, 0.29) is 23.9 Å². The lowest BCUT2D eigenvalue weighted by Crippen LogP contribution is -2.46. The second-order valence-corrected chi connectivity index (χ2v) is 7.11. The van der Waals surface area contributed by atoms with Crippen LogP contribution < -0.4 is 10.6 Å². The van der Waals surface area contributed by atoms with E-state index in [1.807, 2.05) is 6.92 Å². The van der Waals surface area contributed by atoms with Gasteiger partial charge in [0.2, 0.25) is 0 Å². The maximum Gasteiger partial charge on any atom is 0.191 e. The lowest BCUT2D eigenvalue weighted by molar-refractivity contribution is 0.120. The van der Waals surface area contributed by atoms with Gasteiger partial charge in [0.1, 0.15) is 5.82 Å². The van der Waals surface area contributed by atoms with E-state index in [1.54, 1.807) is 12.1 Å². The molecule has 0 bridgehead atoms. The summed E-state index contributed by atoms with van der Waals surface area (Å²) in [5, 5.41) is 17.0. The van der Waals surface area contributed by atoms with Gasteiger partial charge in [-0.1, -0.05) is 17.7 Å². The highest BCUT2D eigenvalue weighted by Gasteiger charge is 2.42. The van der Waals surface area contributed by atoms with E-state index in [2.05, 4.69) is 15.6 Å². The highest BCUT2D eigenvalue weighted by molar-refractivity contribution is 6.31. The average Bonchev–Trinajstić information content (AvgIpc) is 3.28. The van der Waals surface area contributed by atoms with Crippen LogP contribution in [-0.4, -0.2) is 35.8 Å². The topological polar surface area (TPSA) is 56.7 Å². The van der Waals surface area contributed by atoms with Gasteiger partial charge in [-0.15, -0.1) is 0 Å². The number of hydrogen-bond donors (Lipinski definition) is 3. The Bertz CT molecular complexity index is 582. The third-order valence-electron chi connectivity index (χ3n) is 4.84. The Morgan fingerprint density at radius 3 is 2.71 bits per heavy atom. The van der Waals surface area contributed by atoms with Crippen molar-refractivity contribution in [2.75, 3.05) is 6.54 Å². The zero-order valence-corrected chi connectivity index (χ0v) is 14.7. The second kappa shape index (κ2) is 7.70. The molecule has 2 atom stereocenters. The van der Waals surface area contributed by atoms with E-state index < -0.39 is 0 Å². The number of aliphatic hydroxyl groups excluding tert-OH is 1. The van der Waals surface area contributed by atoms with Crippen molar-refractivity contribution in [2.45, 2.75) is 63.1 Å². The van der Waals surface area contributed by atoms with Gasteiger partial charge in [-0.3, -0.25) is 4.99 Å². The van der Waals surface area contributed by atoms with Crippen LogP contribution in [0.1, 0.15) is 50.5 Å². The Balaban J connectivity index is 1.59. The quantitative estimate of drug-likeness (QED) is 0.575. The number of hydrogen-bond acceptors (Lipinski definition) is 2. The van der Waals surface area contributed by atoms with Crippen LogP contribution in [0.5, 0.6) is 0 Å². The Labute approximate surface area is 147 Å². The Kier molecular flexibility index (Phi) is 5.61. The molecule has 4 nitrogen and oxygen atoms in total. The largest absolute Gasteiger partial charge is 0.393 e. The summed E-state index contributed by atoms with van der Waals surface area (Å²) in [6.45, 7) is 2.68. The second-order valence-electron chi connectivity index (χ2n) is 6.70. The number of benzene rings is 1. The summed E-state index contributed by atoms with van der Waals surface area (Å²) in [5.41, 5.74) is 0.605. The third-order valence-corrected chi connectivity index (χ3v) is 5.17. The Morgan fingerprint density at radius 2 is 2.04 bits per heavy atom. The van der Waals surface area contributed by atoms with Crippen LogP contribution in [0.25, 0.3) is 0 Å². The molecule has 2 saturated carbocycles. The first-order valence-corrected chi connectivity index (χ1v) is 9.15. The molecule has 6 heteroatoms. The molecule has 24 heavy (non-hydrogen) atoms. The van der Waals surface area contributed by atoms with Gasteiger partial charge in [0.05, 0.1) is 6.10 Å². The van der Waals surface area contributed by atoms with Crippen molar-refractivity contribution in [3.8, 4) is 0 Å². The fourth-order valence-corrected chi connectivity index (χ4v) is 3.72. The molecule has 0 radical (unpaired) electrons. The molecule has 3 N–H and O–H groups in total. The van der Waals surface area contributed by atoms with Gasteiger partial charge >= 0.3 is 0 Å². The van der Waals surface area contributed by atoms with Crippen molar-refractivity contribution in [3.05, 3.63) is 34.6 Å². The summed E-state index contributed by atoms with van der Waals surface area (Å²) < 4.78 is 14.0. The van der Waals surface area contributed by atoms with Crippen molar-refractivity contribution in [1.29, 1.82) is 0 Å². The molecule has 2 unspecified atom stereocenters. The molecule has 0 aromatic heterocycles. The molecular formula is C18H25ClFN3O. The van der Waals surface area contributed by atoms with E-state index in [1.165, 1.54) is 6.07 Å². The third kappa shape index (κ3) is 4.19. The highest BCUT2D eigenvalue weighted by Crippen LogP contribution is 2.44. The minimum absolute atomic E-state index is 0.0933. The minimum atomic E-state index is -0.236.